The number of hydrogen-bond acceptors (Lipinski definition) is 3. The Labute approximate surface area is 156 Å². The molecule has 4 nitrogen and oxygen atoms in total. The van der Waals surface area contributed by atoms with Crippen molar-refractivity contribution in [3.05, 3.63) is 94.8 Å². The second-order valence-electron chi connectivity index (χ2n) is 6.18. The summed E-state index contributed by atoms with van der Waals surface area (Å²) in [5, 5.41) is 3.86. The van der Waals surface area contributed by atoms with Crippen LogP contribution in [0.3, 0.4) is 0 Å². The molecule has 5 heteroatoms. The van der Waals surface area contributed by atoms with Gasteiger partial charge >= 0.3 is 0 Å². The Morgan fingerprint density at radius 3 is 2.58 bits per heavy atom. The van der Waals surface area contributed by atoms with Crippen molar-refractivity contribution in [2.24, 2.45) is 0 Å². The van der Waals surface area contributed by atoms with Crippen LogP contribution in [-0.2, 0) is 5.54 Å². The lowest BCUT2D eigenvalue weighted by Crippen LogP contribution is -2.50. The van der Waals surface area contributed by atoms with Crippen LogP contribution in [-0.4, -0.2) is 17.5 Å². The lowest BCUT2D eigenvalue weighted by molar-refractivity contribution is 0.0883. The number of ether oxygens (including phenoxy) is 1. The third-order valence-corrected chi connectivity index (χ3v) is 4.86. The van der Waals surface area contributed by atoms with E-state index in [0.717, 1.165) is 5.56 Å². The fourth-order valence-electron chi connectivity index (χ4n) is 3.32. The van der Waals surface area contributed by atoms with Crippen molar-refractivity contribution in [1.29, 1.82) is 0 Å². The molecule has 1 aliphatic heterocycles. The smallest absolute Gasteiger partial charge is 0.252 e. The Morgan fingerprint density at radius 2 is 1.81 bits per heavy atom. The van der Waals surface area contributed by atoms with Gasteiger partial charge in [0.1, 0.15) is 17.0 Å². The van der Waals surface area contributed by atoms with Crippen LogP contribution in [0.1, 0.15) is 28.0 Å². The van der Waals surface area contributed by atoms with Crippen LogP contribution in [0.5, 0.6) is 5.75 Å². The Balaban J connectivity index is 1.83. The molecule has 4 rings (SSSR count). The molecular formula is C21H17ClN2O2. The Bertz CT molecular complexity index is 928. The highest BCUT2D eigenvalue weighted by Gasteiger charge is 2.42. The van der Waals surface area contributed by atoms with Gasteiger partial charge in [0.25, 0.3) is 5.91 Å². The Kier molecular flexibility index (Phi) is 4.35. The number of nitrogens with one attached hydrogen (secondary N) is 1. The average Bonchev–Trinajstić information content (AvgIpc) is 2.69. The summed E-state index contributed by atoms with van der Waals surface area (Å²) in [6.45, 7) is 0.483. The van der Waals surface area contributed by atoms with Crippen molar-refractivity contribution in [2.75, 3.05) is 6.61 Å². The van der Waals surface area contributed by atoms with Crippen LogP contribution in [0.2, 0.25) is 5.02 Å². The molecule has 2 heterocycles. The molecule has 1 amide bonds. The molecule has 0 bridgehead atoms. The van der Waals surface area contributed by atoms with Crippen molar-refractivity contribution in [3.8, 4) is 5.75 Å². The average molecular weight is 365 g/mol. The summed E-state index contributed by atoms with van der Waals surface area (Å²) >= 11 is 6.07. The summed E-state index contributed by atoms with van der Waals surface area (Å²) < 4.78 is 5.77. The van der Waals surface area contributed by atoms with Gasteiger partial charge in [0.05, 0.1) is 6.61 Å². The Morgan fingerprint density at radius 1 is 1.04 bits per heavy atom. The van der Waals surface area contributed by atoms with Gasteiger partial charge in [-0.1, -0.05) is 41.9 Å². The third kappa shape index (κ3) is 2.93. The quantitative estimate of drug-likeness (QED) is 0.758. The number of aromatic nitrogens is 1. The second-order valence-corrected chi connectivity index (χ2v) is 6.62. The molecule has 1 atom stereocenters. The molecule has 1 aromatic heterocycles. The van der Waals surface area contributed by atoms with Crippen molar-refractivity contribution in [1.82, 2.24) is 10.3 Å². The lowest BCUT2D eigenvalue weighted by atomic mass is 9.81. The highest BCUT2D eigenvalue weighted by atomic mass is 35.5. The maximum absolute atomic E-state index is 13.0. The minimum absolute atomic E-state index is 0.154. The summed E-state index contributed by atoms with van der Waals surface area (Å²) in [5.41, 5.74) is 1.46. The van der Waals surface area contributed by atoms with Crippen LogP contribution in [0.15, 0.2) is 72.9 Å². The molecule has 1 N–H and O–H groups in total. The minimum atomic E-state index is -0.771. The highest BCUT2D eigenvalue weighted by molar-refractivity contribution is 6.30. The van der Waals surface area contributed by atoms with Crippen molar-refractivity contribution >= 4 is 17.5 Å². The molecule has 0 saturated carbocycles. The molecule has 0 spiro atoms. The van der Waals surface area contributed by atoms with Crippen molar-refractivity contribution in [3.63, 3.8) is 0 Å². The number of benzene rings is 2. The molecular weight excluding hydrogens is 348 g/mol. The summed E-state index contributed by atoms with van der Waals surface area (Å²) in [6, 6.07) is 20.4. The molecule has 0 radical (unpaired) electrons. The van der Waals surface area contributed by atoms with E-state index in [1.165, 1.54) is 0 Å². The molecule has 0 saturated heterocycles. The first kappa shape index (κ1) is 16.6. The van der Waals surface area contributed by atoms with Crippen LogP contribution < -0.4 is 10.1 Å². The van der Waals surface area contributed by atoms with Gasteiger partial charge in [0, 0.05) is 23.2 Å². The highest BCUT2D eigenvalue weighted by Crippen LogP contribution is 2.40. The number of nitrogens with zero attached hydrogens (tertiary/aromatic N) is 1. The van der Waals surface area contributed by atoms with Crippen LogP contribution in [0.4, 0.5) is 0 Å². The number of pyridine rings is 1. The fraction of sp³-hybridized carbons (Fsp3) is 0.143. The molecule has 0 fully saturated rings. The van der Waals surface area contributed by atoms with E-state index in [9.17, 15) is 4.79 Å². The normalized spacial score (nSPS) is 18.5. The number of amides is 1. The molecule has 130 valence electrons. The van der Waals surface area contributed by atoms with Gasteiger partial charge in [-0.25, -0.2) is 0 Å². The lowest BCUT2D eigenvalue weighted by Gasteiger charge is -2.39. The van der Waals surface area contributed by atoms with E-state index in [2.05, 4.69) is 10.3 Å². The maximum Gasteiger partial charge on any atom is 0.252 e. The number of hydrogen-bond donors (Lipinski definition) is 1. The van der Waals surface area contributed by atoms with E-state index in [4.69, 9.17) is 16.3 Å². The first-order chi connectivity index (χ1) is 12.7. The number of rotatable bonds is 3. The molecule has 26 heavy (non-hydrogen) atoms. The monoisotopic (exact) mass is 364 g/mol. The fourth-order valence-corrected chi connectivity index (χ4v) is 3.45. The summed E-state index contributed by atoms with van der Waals surface area (Å²) in [7, 11) is 0. The molecule has 0 unspecified atom stereocenters. The zero-order valence-corrected chi connectivity index (χ0v) is 14.7. The maximum atomic E-state index is 13.0. The van der Waals surface area contributed by atoms with Gasteiger partial charge in [0.2, 0.25) is 0 Å². The van der Waals surface area contributed by atoms with E-state index in [1.807, 2.05) is 54.6 Å². The molecule has 2 aromatic carbocycles. The van der Waals surface area contributed by atoms with Gasteiger partial charge in [0.15, 0.2) is 0 Å². The van der Waals surface area contributed by atoms with Gasteiger partial charge in [-0.2, -0.15) is 0 Å². The number of carbonyl (C=O) groups excluding carboxylic acids is 1. The third-order valence-electron chi connectivity index (χ3n) is 4.61. The largest absolute Gasteiger partial charge is 0.491 e. The molecule has 3 aromatic rings. The number of carbonyl (C=O) groups is 1. The van der Waals surface area contributed by atoms with E-state index in [-0.39, 0.29) is 5.91 Å². The standard InChI is InChI=1S/C21H17ClN2O2/c22-17-10-8-16(9-11-17)21(24-20(25)15-5-2-1-3-6-15)12-14-26-18-7-4-13-23-19(18)21/h1-11,13H,12,14H2,(H,24,25)/t21-/m0/s1. The number of fused-ring (bicyclic) bond motifs is 1. The van der Waals surface area contributed by atoms with Crippen LogP contribution in [0, 0.1) is 0 Å². The summed E-state index contributed by atoms with van der Waals surface area (Å²) in [4.78, 5) is 17.5. The SMILES string of the molecule is O=C(N[C@]1(c2ccc(Cl)cc2)CCOc2cccnc21)c1ccccc1. The Hall–Kier alpha value is -2.85. The van der Waals surface area contributed by atoms with Gasteiger partial charge in [-0.05, 0) is 42.0 Å². The van der Waals surface area contributed by atoms with Crippen molar-refractivity contribution < 1.29 is 9.53 Å². The first-order valence-electron chi connectivity index (χ1n) is 8.41. The predicted molar refractivity (Wildman–Crippen MR) is 100 cm³/mol. The summed E-state index contributed by atoms with van der Waals surface area (Å²) in [5.74, 6) is 0.529. The van der Waals surface area contributed by atoms with E-state index < -0.39 is 5.54 Å². The van der Waals surface area contributed by atoms with Gasteiger partial charge in [-0.15, -0.1) is 0 Å². The zero-order valence-electron chi connectivity index (χ0n) is 14.0. The topological polar surface area (TPSA) is 51.2 Å². The van der Waals surface area contributed by atoms with Gasteiger partial charge in [-0.3, -0.25) is 9.78 Å². The van der Waals surface area contributed by atoms with Crippen LogP contribution >= 0.6 is 11.6 Å². The minimum Gasteiger partial charge on any atom is -0.491 e. The predicted octanol–water partition coefficient (Wildman–Crippen LogP) is 4.19. The zero-order chi connectivity index (χ0) is 18.0. The van der Waals surface area contributed by atoms with Crippen LogP contribution in [0.25, 0.3) is 0 Å². The molecule has 0 aliphatic carbocycles. The number of halogens is 1. The second kappa shape index (κ2) is 6.81. The van der Waals surface area contributed by atoms with Crippen molar-refractivity contribution in [2.45, 2.75) is 12.0 Å². The van der Waals surface area contributed by atoms with Gasteiger partial charge < -0.3 is 10.1 Å². The summed E-state index contributed by atoms with van der Waals surface area (Å²) in [6.07, 6.45) is 2.30. The van der Waals surface area contributed by atoms with E-state index in [1.54, 1.807) is 18.3 Å². The van der Waals surface area contributed by atoms with E-state index >= 15 is 0 Å². The first-order valence-corrected chi connectivity index (χ1v) is 8.79. The van der Waals surface area contributed by atoms with E-state index in [0.29, 0.717) is 35.1 Å². The molecule has 1 aliphatic rings.